The van der Waals surface area contributed by atoms with Crippen LogP contribution >= 0.6 is 24.0 Å². The lowest BCUT2D eigenvalue weighted by atomic mass is 10.2. The minimum atomic E-state index is -0.0794. The lowest BCUT2D eigenvalue weighted by molar-refractivity contribution is -0.121. The number of benzene rings is 2. The van der Waals surface area contributed by atoms with Crippen molar-refractivity contribution in [2.75, 3.05) is 19.1 Å². The smallest absolute Gasteiger partial charge is 0.267 e. The minimum Gasteiger partial charge on any atom is -0.497 e. The first kappa shape index (κ1) is 16.5. The van der Waals surface area contributed by atoms with Gasteiger partial charge in [0.25, 0.3) is 5.91 Å². The Morgan fingerprint density at radius 2 is 1.88 bits per heavy atom. The number of carbonyl (C=O) groups is 1. The second kappa shape index (κ2) is 7.51. The van der Waals surface area contributed by atoms with Crippen LogP contribution in [0.15, 0.2) is 59.5 Å². The molecule has 1 N–H and O–H groups in total. The maximum atomic E-state index is 12.5. The van der Waals surface area contributed by atoms with Crippen molar-refractivity contribution < 1.29 is 9.53 Å². The van der Waals surface area contributed by atoms with E-state index in [-0.39, 0.29) is 5.91 Å². The fraction of sp³-hybridized carbons (Fsp3) is 0.111. The van der Waals surface area contributed by atoms with E-state index in [9.17, 15) is 4.79 Å². The monoisotopic (exact) mass is 356 g/mol. The van der Waals surface area contributed by atoms with Gasteiger partial charge in [-0.15, -0.1) is 0 Å². The van der Waals surface area contributed by atoms with E-state index in [1.807, 2.05) is 60.7 Å². The zero-order valence-electron chi connectivity index (χ0n) is 13.1. The molecular formula is C18H16N2O2S2. The number of amides is 1. The number of hydrogen-bond acceptors (Lipinski definition) is 5. The third kappa shape index (κ3) is 3.77. The van der Waals surface area contributed by atoms with Gasteiger partial charge in [0.05, 0.1) is 18.7 Å². The molecule has 6 heteroatoms. The summed E-state index contributed by atoms with van der Waals surface area (Å²) in [5.41, 5.74) is 1.89. The fourth-order valence-corrected chi connectivity index (χ4v) is 3.47. The quantitative estimate of drug-likeness (QED) is 0.649. The van der Waals surface area contributed by atoms with Crippen LogP contribution in [0.1, 0.15) is 5.56 Å². The van der Waals surface area contributed by atoms with E-state index >= 15 is 0 Å². The molecule has 0 spiro atoms. The second-order valence-corrected chi connectivity index (χ2v) is 6.76. The second-order valence-electron chi connectivity index (χ2n) is 5.08. The maximum absolute atomic E-state index is 12.5. The molecule has 1 aliphatic rings. The summed E-state index contributed by atoms with van der Waals surface area (Å²) in [6, 6.07) is 17.3. The van der Waals surface area contributed by atoms with Gasteiger partial charge >= 0.3 is 0 Å². The van der Waals surface area contributed by atoms with Crippen LogP contribution < -0.4 is 10.1 Å². The Morgan fingerprint density at radius 3 is 2.54 bits per heavy atom. The highest BCUT2D eigenvalue weighted by molar-refractivity contribution is 8.26. The van der Waals surface area contributed by atoms with Crippen molar-refractivity contribution in [3.8, 4) is 5.75 Å². The summed E-state index contributed by atoms with van der Waals surface area (Å²) in [5, 5.41) is 3.21. The summed E-state index contributed by atoms with van der Waals surface area (Å²) >= 11 is 6.65. The summed E-state index contributed by atoms with van der Waals surface area (Å²) in [4.78, 5) is 14.7. The Bertz CT molecular complexity index is 773. The third-order valence-corrected chi connectivity index (χ3v) is 4.88. The van der Waals surface area contributed by atoms with Crippen molar-refractivity contribution in [1.29, 1.82) is 0 Å². The Balaban J connectivity index is 1.69. The van der Waals surface area contributed by atoms with Crippen molar-refractivity contribution in [1.82, 2.24) is 4.90 Å². The minimum absolute atomic E-state index is 0.0794. The molecule has 2 aromatic carbocycles. The number of nitrogens with one attached hydrogen (secondary N) is 1. The predicted octanol–water partition coefficient (Wildman–Crippen LogP) is 3.97. The molecule has 0 bridgehead atoms. The number of rotatable bonds is 5. The average molecular weight is 356 g/mol. The summed E-state index contributed by atoms with van der Waals surface area (Å²) in [5.74, 6) is 0.705. The molecule has 0 aliphatic carbocycles. The number of hydrogen-bond donors (Lipinski definition) is 1. The van der Waals surface area contributed by atoms with Crippen LogP contribution in [-0.2, 0) is 4.79 Å². The zero-order chi connectivity index (χ0) is 16.9. The van der Waals surface area contributed by atoms with Crippen molar-refractivity contribution in [2.24, 2.45) is 0 Å². The molecule has 122 valence electrons. The van der Waals surface area contributed by atoms with Gasteiger partial charge in [-0.1, -0.05) is 54.3 Å². The lowest BCUT2D eigenvalue weighted by Gasteiger charge is -2.16. The number of methoxy groups -OCH3 is 1. The standard InChI is InChI=1S/C18H16N2O2S2/c1-22-15-9-7-13(8-10-15)11-16-17(21)20(18(23)24-16)12-19-14-5-3-2-4-6-14/h2-11,19H,12H2,1H3. The largest absolute Gasteiger partial charge is 0.497 e. The molecule has 3 rings (SSSR count). The van der Waals surface area contributed by atoms with Crippen molar-refractivity contribution in [2.45, 2.75) is 0 Å². The molecule has 1 fully saturated rings. The Labute approximate surface area is 150 Å². The normalized spacial score (nSPS) is 15.9. The van der Waals surface area contributed by atoms with Crippen LogP contribution in [0.3, 0.4) is 0 Å². The van der Waals surface area contributed by atoms with Crippen LogP contribution in [0.2, 0.25) is 0 Å². The molecule has 1 aliphatic heterocycles. The molecule has 0 aromatic heterocycles. The van der Waals surface area contributed by atoms with E-state index in [2.05, 4.69) is 5.32 Å². The zero-order valence-corrected chi connectivity index (χ0v) is 14.7. The highest BCUT2D eigenvalue weighted by atomic mass is 32.2. The molecule has 0 atom stereocenters. The van der Waals surface area contributed by atoms with E-state index in [0.29, 0.717) is 15.9 Å². The van der Waals surface area contributed by atoms with Crippen LogP contribution in [0.5, 0.6) is 5.75 Å². The third-order valence-electron chi connectivity index (χ3n) is 3.50. The molecule has 2 aromatic rings. The van der Waals surface area contributed by atoms with E-state index in [1.165, 1.54) is 11.8 Å². The first-order valence-electron chi connectivity index (χ1n) is 7.36. The van der Waals surface area contributed by atoms with E-state index < -0.39 is 0 Å². The number of nitrogens with zero attached hydrogens (tertiary/aromatic N) is 1. The SMILES string of the molecule is COc1ccc(C=C2SC(=S)N(CNc3ccccc3)C2=O)cc1. The van der Waals surface area contributed by atoms with Gasteiger partial charge in [-0.3, -0.25) is 9.69 Å². The van der Waals surface area contributed by atoms with Crippen LogP contribution in [0, 0.1) is 0 Å². The van der Waals surface area contributed by atoms with E-state index in [0.717, 1.165) is 17.0 Å². The number of ether oxygens (including phenoxy) is 1. The van der Waals surface area contributed by atoms with Crippen molar-refractivity contribution in [3.05, 3.63) is 65.1 Å². The number of thiocarbonyl (C=S) groups is 1. The molecule has 1 heterocycles. The summed E-state index contributed by atoms with van der Waals surface area (Å²) in [7, 11) is 1.62. The molecule has 4 nitrogen and oxygen atoms in total. The topological polar surface area (TPSA) is 41.6 Å². The average Bonchev–Trinajstić information content (AvgIpc) is 2.88. The van der Waals surface area contributed by atoms with E-state index in [1.54, 1.807) is 12.0 Å². The summed E-state index contributed by atoms with van der Waals surface area (Å²) in [6.45, 7) is 0.356. The first-order chi connectivity index (χ1) is 11.7. The van der Waals surface area contributed by atoms with Crippen molar-refractivity contribution >= 4 is 46.0 Å². The van der Waals surface area contributed by atoms with E-state index in [4.69, 9.17) is 17.0 Å². The highest BCUT2D eigenvalue weighted by Crippen LogP contribution is 2.32. The molecule has 1 amide bonds. The lowest BCUT2D eigenvalue weighted by Crippen LogP contribution is -2.33. The fourth-order valence-electron chi connectivity index (χ4n) is 2.21. The molecule has 0 radical (unpaired) electrons. The Morgan fingerprint density at radius 1 is 1.17 bits per heavy atom. The molecule has 24 heavy (non-hydrogen) atoms. The van der Waals surface area contributed by atoms with Gasteiger partial charge in [0.15, 0.2) is 0 Å². The molecule has 0 saturated carbocycles. The first-order valence-corrected chi connectivity index (χ1v) is 8.58. The Kier molecular flexibility index (Phi) is 5.17. The summed E-state index contributed by atoms with van der Waals surface area (Å²) in [6.07, 6.45) is 1.85. The number of anilines is 1. The van der Waals surface area contributed by atoms with Crippen LogP contribution in [0.4, 0.5) is 5.69 Å². The number of thioether (sulfide) groups is 1. The van der Waals surface area contributed by atoms with Gasteiger partial charge in [-0.05, 0) is 35.9 Å². The van der Waals surface area contributed by atoms with Crippen molar-refractivity contribution in [3.63, 3.8) is 0 Å². The van der Waals surface area contributed by atoms with Gasteiger partial charge in [-0.25, -0.2) is 0 Å². The van der Waals surface area contributed by atoms with Gasteiger partial charge in [0.1, 0.15) is 10.1 Å². The Hall–Kier alpha value is -2.31. The van der Waals surface area contributed by atoms with Crippen LogP contribution in [0.25, 0.3) is 6.08 Å². The molecular weight excluding hydrogens is 340 g/mol. The van der Waals surface area contributed by atoms with Gasteiger partial charge in [0, 0.05) is 5.69 Å². The van der Waals surface area contributed by atoms with Gasteiger partial charge < -0.3 is 10.1 Å². The summed E-state index contributed by atoms with van der Waals surface area (Å²) < 4.78 is 5.70. The predicted molar refractivity (Wildman–Crippen MR) is 103 cm³/mol. The number of carbonyl (C=O) groups excluding carboxylic acids is 1. The molecule has 0 unspecified atom stereocenters. The van der Waals surface area contributed by atoms with Gasteiger partial charge in [-0.2, -0.15) is 0 Å². The maximum Gasteiger partial charge on any atom is 0.267 e. The van der Waals surface area contributed by atoms with Crippen LogP contribution in [-0.4, -0.2) is 28.9 Å². The number of para-hydroxylation sites is 1. The van der Waals surface area contributed by atoms with Gasteiger partial charge in [0.2, 0.25) is 0 Å². The highest BCUT2D eigenvalue weighted by Gasteiger charge is 2.31. The molecule has 1 saturated heterocycles.